The van der Waals surface area contributed by atoms with Gasteiger partial charge in [-0.2, -0.15) is 0 Å². The van der Waals surface area contributed by atoms with Crippen LogP contribution >= 0.6 is 0 Å². The largest absolute Gasteiger partial charge is 0.408 e. The average molecular weight is 169 g/mol. The minimum absolute atomic E-state index is 0.163. The van der Waals surface area contributed by atoms with Crippen molar-refractivity contribution in [1.29, 1.82) is 0 Å². The second kappa shape index (κ2) is 4.48. The molecule has 5 nitrogen and oxygen atoms in total. The van der Waals surface area contributed by atoms with Crippen molar-refractivity contribution in [2.45, 2.75) is 26.2 Å². The SMILES string of the molecule is CCCCc1nnc(NC=O)o1. The molecule has 1 rings (SSSR count). The Kier molecular flexibility index (Phi) is 3.25. The molecule has 0 aliphatic heterocycles. The maximum Gasteiger partial charge on any atom is 0.322 e. The quantitative estimate of drug-likeness (QED) is 0.667. The van der Waals surface area contributed by atoms with E-state index in [4.69, 9.17) is 4.42 Å². The molecule has 0 spiro atoms. The minimum atomic E-state index is 0.163. The third kappa shape index (κ3) is 2.34. The summed E-state index contributed by atoms with van der Waals surface area (Å²) in [6, 6.07) is 0.163. The molecule has 0 aromatic carbocycles. The number of unbranched alkanes of at least 4 members (excludes halogenated alkanes) is 1. The van der Waals surface area contributed by atoms with Crippen LogP contribution in [0.15, 0.2) is 4.42 Å². The summed E-state index contributed by atoms with van der Waals surface area (Å²) < 4.78 is 5.06. The molecule has 0 bridgehead atoms. The van der Waals surface area contributed by atoms with Crippen LogP contribution in [-0.2, 0) is 11.2 Å². The fourth-order valence-electron chi connectivity index (χ4n) is 0.791. The Labute approximate surface area is 70.2 Å². The van der Waals surface area contributed by atoms with E-state index in [0.717, 1.165) is 19.3 Å². The number of aryl methyl sites for hydroxylation is 1. The van der Waals surface area contributed by atoms with Gasteiger partial charge < -0.3 is 4.42 Å². The lowest BCUT2D eigenvalue weighted by Crippen LogP contribution is -1.92. The monoisotopic (exact) mass is 169 g/mol. The number of hydrogen-bond acceptors (Lipinski definition) is 4. The molecule has 0 fully saturated rings. The topological polar surface area (TPSA) is 68.0 Å². The van der Waals surface area contributed by atoms with Crippen LogP contribution in [0.3, 0.4) is 0 Å². The van der Waals surface area contributed by atoms with Gasteiger partial charge in [-0.25, -0.2) is 0 Å². The van der Waals surface area contributed by atoms with E-state index in [2.05, 4.69) is 22.4 Å². The summed E-state index contributed by atoms with van der Waals surface area (Å²) in [4.78, 5) is 9.96. The predicted molar refractivity (Wildman–Crippen MR) is 42.6 cm³/mol. The average Bonchev–Trinajstić information content (AvgIpc) is 2.50. The first kappa shape index (κ1) is 8.70. The smallest absolute Gasteiger partial charge is 0.322 e. The van der Waals surface area contributed by atoms with E-state index < -0.39 is 0 Å². The Morgan fingerprint density at radius 1 is 1.58 bits per heavy atom. The molecule has 1 N–H and O–H groups in total. The van der Waals surface area contributed by atoms with Gasteiger partial charge in [0.25, 0.3) is 0 Å². The Balaban J connectivity index is 2.46. The fourth-order valence-corrected chi connectivity index (χ4v) is 0.791. The molecular weight excluding hydrogens is 158 g/mol. The van der Waals surface area contributed by atoms with Gasteiger partial charge >= 0.3 is 6.01 Å². The number of nitrogens with zero attached hydrogens (tertiary/aromatic N) is 2. The summed E-state index contributed by atoms with van der Waals surface area (Å²) >= 11 is 0. The molecule has 1 heterocycles. The van der Waals surface area contributed by atoms with Crippen LogP contribution in [0.2, 0.25) is 0 Å². The fraction of sp³-hybridized carbons (Fsp3) is 0.571. The molecule has 0 aliphatic rings. The number of amides is 1. The van der Waals surface area contributed by atoms with Gasteiger partial charge in [-0.15, -0.1) is 5.10 Å². The van der Waals surface area contributed by atoms with Gasteiger partial charge in [-0.3, -0.25) is 10.1 Å². The van der Waals surface area contributed by atoms with Crippen molar-refractivity contribution >= 4 is 12.4 Å². The van der Waals surface area contributed by atoms with E-state index in [-0.39, 0.29) is 6.01 Å². The maximum absolute atomic E-state index is 9.96. The van der Waals surface area contributed by atoms with E-state index in [1.807, 2.05) is 0 Å². The number of hydrogen-bond donors (Lipinski definition) is 1. The van der Waals surface area contributed by atoms with Crippen LogP contribution < -0.4 is 5.32 Å². The molecule has 5 heteroatoms. The number of carbonyl (C=O) groups excluding carboxylic acids is 1. The summed E-state index contributed by atoms with van der Waals surface area (Å²) in [7, 11) is 0. The molecule has 66 valence electrons. The van der Waals surface area contributed by atoms with Gasteiger partial charge in [0.05, 0.1) is 0 Å². The molecule has 0 radical (unpaired) electrons. The lowest BCUT2D eigenvalue weighted by molar-refractivity contribution is -0.105. The number of carbonyl (C=O) groups is 1. The van der Waals surface area contributed by atoms with Crippen LogP contribution in [0.1, 0.15) is 25.7 Å². The third-order valence-corrected chi connectivity index (χ3v) is 1.39. The van der Waals surface area contributed by atoms with E-state index >= 15 is 0 Å². The van der Waals surface area contributed by atoms with E-state index in [9.17, 15) is 4.79 Å². The van der Waals surface area contributed by atoms with Gasteiger partial charge in [0.15, 0.2) is 0 Å². The van der Waals surface area contributed by atoms with Gasteiger partial charge in [0.1, 0.15) is 0 Å². The highest BCUT2D eigenvalue weighted by atomic mass is 16.4. The highest BCUT2D eigenvalue weighted by Gasteiger charge is 2.02. The van der Waals surface area contributed by atoms with Crippen molar-refractivity contribution < 1.29 is 9.21 Å². The van der Waals surface area contributed by atoms with Gasteiger partial charge in [0.2, 0.25) is 12.3 Å². The normalized spacial score (nSPS) is 9.75. The van der Waals surface area contributed by atoms with Crippen LogP contribution in [0.5, 0.6) is 0 Å². The summed E-state index contributed by atoms with van der Waals surface area (Å²) in [5, 5.41) is 9.62. The zero-order chi connectivity index (χ0) is 8.81. The van der Waals surface area contributed by atoms with E-state index in [1.165, 1.54) is 0 Å². The van der Waals surface area contributed by atoms with Crippen molar-refractivity contribution in [1.82, 2.24) is 10.2 Å². The molecule has 1 aromatic rings. The van der Waals surface area contributed by atoms with Crippen molar-refractivity contribution in [2.75, 3.05) is 5.32 Å². The van der Waals surface area contributed by atoms with E-state index in [1.54, 1.807) is 0 Å². The molecule has 0 aliphatic carbocycles. The number of anilines is 1. The summed E-state index contributed by atoms with van der Waals surface area (Å²) in [6.07, 6.45) is 3.38. The van der Waals surface area contributed by atoms with E-state index in [0.29, 0.717) is 12.3 Å². The molecule has 1 amide bonds. The molecule has 0 unspecified atom stereocenters. The second-order valence-corrected chi connectivity index (χ2v) is 2.37. The highest BCUT2D eigenvalue weighted by Crippen LogP contribution is 2.06. The van der Waals surface area contributed by atoms with Crippen molar-refractivity contribution in [2.24, 2.45) is 0 Å². The molecule has 12 heavy (non-hydrogen) atoms. The number of aromatic nitrogens is 2. The van der Waals surface area contributed by atoms with Crippen molar-refractivity contribution in [3.05, 3.63) is 5.89 Å². The minimum Gasteiger partial charge on any atom is -0.408 e. The number of rotatable bonds is 5. The second-order valence-electron chi connectivity index (χ2n) is 2.37. The zero-order valence-corrected chi connectivity index (χ0v) is 6.91. The Hall–Kier alpha value is -1.39. The lowest BCUT2D eigenvalue weighted by Gasteiger charge is -1.89. The molecule has 0 saturated carbocycles. The van der Waals surface area contributed by atoms with Crippen molar-refractivity contribution in [3.63, 3.8) is 0 Å². The zero-order valence-electron chi connectivity index (χ0n) is 6.91. The summed E-state index contributed by atoms with van der Waals surface area (Å²) in [5.74, 6) is 0.571. The van der Waals surface area contributed by atoms with Gasteiger partial charge in [-0.1, -0.05) is 18.4 Å². The van der Waals surface area contributed by atoms with Crippen LogP contribution in [0.4, 0.5) is 6.01 Å². The Morgan fingerprint density at radius 3 is 3.08 bits per heavy atom. The number of nitrogens with one attached hydrogen (secondary N) is 1. The maximum atomic E-state index is 9.96. The first-order valence-electron chi connectivity index (χ1n) is 3.89. The van der Waals surface area contributed by atoms with Gasteiger partial charge in [-0.05, 0) is 6.42 Å². The lowest BCUT2D eigenvalue weighted by atomic mass is 10.2. The Bertz CT molecular complexity index is 247. The van der Waals surface area contributed by atoms with Crippen LogP contribution in [-0.4, -0.2) is 16.6 Å². The summed E-state index contributed by atoms with van der Waals surface area (Å²) in [5.41, 5.74) is 0. The van der Waals surface area contributed by atoms with Crippen LogP contribution in [0, 0.1) is 0 Å². The first-order chi connectivity index (χ1) is 5.86. The summed E-state index contributed by atoms with van der Waals surface area (Å²) in [6.45, 7) is 2.08. The van der Waals surface area contributed by atoms with Crippen LogP contribution in [0.25, 0.3) is 0 Å². The Morgan fingerprint density at radius 2 is 2.42 bits per heavy atom. The van der Waals surface area contributed by atoms with Crippen molar-refractivity contribution in [3.8, 4) is 0 Å². The first-order valence-corrected chi connectivity index (χ1v) is 3.89. The molecule has 0 saturated heterocycles. The third-order valence-electron chi connectivity index (χ3n) is 1.39. The highest BCUT2D eigenvalue weighted by molar-refractivity contribution is 5.65. The predicted octanol–water partition coefficient (Wildman–Crippen LogP) is 0.980. The van der Waals surface area contributed by atoms with Gasteiger partial charge in [0, 0.05) is 6.42 Å². The molecule has 1 aromatic heterocycles. The molecule has 0 atom stereocenters. The standard InChI is InChI=1S/C7H11N3O2/c1-2-3-4-6-9-10-7(12-6)8-5-11/h5H,2-4H2,1H3,(H,8,10,11). The molecular formula is C7H11N3O2.